The Balaban J connectivity index is 0.000000941. The number of nitrogens with zero attached hydrogens (tertiary/aromatic N) is 1. The molecule has 0 saturated carbocycles. The smallest absolute Gasteiger partial charge is 0.255 e. The van der Waals surface area contributed by atoms with Crippen molar-refractivity contribution < 1.29 is 9.53 Å². The number of carbonyl (C=O) groups excluding carboxylic acids is 1. The van der Waals surface area contributed by atoms with Crippen molar-refractivity contribution in [2.45, 2.75) is 40.0 Å². The van der Waals surface area contributed by atoms with E-state index in [1.54, 1.807) is 48.8 Å². The third kappa shape index (κ3) is 6.31. The lowest BCUT2D eigenvalue weighted by Crippen LogP contribution is -2.11. The third-order valence-electron chi connectivity index (χ3n) is 3.87. The number of halogens is 1. The SMILES string of the molecule is CCC.COc1ccc(C(=O)Nc2ccc(-c3csc(C(C)C)n3)c(Cl)c2)cc1. The summed E-state index contributed by atoms with van der Waals surface area (Å²) in [6.45, 7) is 8.48. The highest BCUT2D eigenvalue weighted by Crippen LogP contribution is 2.32. The van der Waals surface area contributed by atoms with Crippen LogP contribution < -0.4 is 10.1 Å². The number of anilines is 1. The molecule has 1 amide bonds. The predicted molar refractivity (Wildman–Crippen MR) is 124 cm³/mol. The van der Waals surface area contributed by atoms with Crippen LogP contribution in [-0.2, 0) is 0 Å². The Hall–Kier alpha value is -2.37. The first-order valence-corrected chi connectivity index (χ1v) is 10.9. The Morgan fingerprint density at radius 3 is 2.34 bits per heavy atom. The van der Waals surface area contributed by atoms with E-state index in [4.69, 9.17) is 16.3 Å². The Labute approximate surface area is 181 Å². The number of thiazole rings is 1. The molecule has 0 aliphatic carbocycles. The van der Waals surface area contributed by atoms with Crippen LogP contribution in [0.5, 0.6) is 5.75 Å². The lowest BCUT2D eigenvalue weighted by Gasteiger charge is -2.08. The molecule has 3 aromatic rings. The molecule has 0 radical (unpaired) electrons. The van der Waals surface area contributed by atoms with Gasteiger partial charge in [0.1, 0.15) is 5.75 Å². The van der Waals surface area contributed by atoms with E-state index >= 15 is 0 Å². The molecule has 3 rings (SSSR count). The Bertz CT molecular complexity index is 936. The summed E-state index contributed by atoms with van der Waals surface area (Å²) in [6, 6.07) is 12.4. The summed E-state index contributed by atoms with van der Waals surface area (Å²) in [7, 11) is 1.59. The molecule has 0 saturated heterocycles. The Morgan fingerprint density at radius 2 is 1.83 bits per heavy atom. The molecule has 0 aliphatic heterocycles. The van der Waals surface area contributed by atoms with E-state index < -0.39 is 0 Å². The maximum Gasteiger partial charge on any atom is 0.255 e. The van der Waals surface area contributed by atoms with Crippen LogP contribution in [0.2, 0.25) is 5.02 Å². The molecule has 0 atom stereocenters. The van der Waals surface area contributed by atoms with Gasteiger partial charge in [-0.25, -0.2) is 4.98 Å². The van der Waals surface area contributed by atoms with Crippen LogP contribution in [0.3, 0.4) is 0 Å². The van der Waals surface area contributed by atoms with Gasteiger partial charge in [-0.1, -0.05) is 45.7 Å². The Morgan fingerprint density at radius 1 is 1.17 bits per heavy atom. The van der Waals surface area contributed by atoms with E-state index in [2.05, 4.69) is 38.0 Å². The van der Waals surface area contributed by atoms with Gasteiger partial charge >= 0.3 is 0 Å². The number of aromatic nitrogens is 1. The minimum atomic E-state index is -0.202. The van der Waals surface area contributed by atoms with Crippen LogP contribution in [0.4, 0.5) is 5.69 Å². The van der Waals surface area contributed by atoms with Crippen molar-refractivity contribution in [1.29, 1.82) is 0 Å². The van der Waals surface area contributed by atoms with Crippen molar-refractivity contribution in [3.63, 3.8) is 0 Å². The number of hydrogen-bond donors (Lipinski definition) is 1. The number of amides is 1. The number of methoxy groups -OCH3 is 1. The molecule has 0 unspecified atom stereocenters. The van der Waals surface area contributed by atoms with Crippen molar-refractivity contribution in [1.82, 2.24) is 4.98 Å². The van der Waals surface area contributed by atoms with Gasteiger partial charge in [-0.2, -0.15) is 0 Å². The molecule has 2 aromatic carbocycles. The van der Waals surface area contributed by atoms with Gasteiger partial charge in [-0.3, -0.25) is 4.79 Å². The maximum atomic E-state index is 12.4. The van der Waals surface area contributed by atoms with Gasteiger partial charge < -0.3 is 10.1 Å². The van der Waals surface area contributed by atoms with Crippen LogP contribution in [0.15, 0.2) is 47.8 Å². The highest BCUT2D eigenvalue weighted by atomic mass is 35.5. The minimum absolute atomic E-state index is 0.202. The minimum Gasteiger partial charge on any atom is -0.497 e. The summed E-state index contributed by atoms with van der Waals surface area (Å²) in [5.74, 6) is 0.890. The van der Waals surface area contributed by atoms with Gasteiger partial charge in [-0.15, -0.1) is 11.3 Å². The molecule has 0 bridgehead atoms. The molecular weight excluding hydrogens is 404 g/mol. The topological polar surface area (TPSA) is 51.2 Å². The fraction of sp³-hybridized carbons (Fsp3) is 0.304. The standard InChI is InChI=1S/C20H19ClN2O2S.C3H8/c1-12(2)20-23-18(11-26-20)16-9-6-14(10-17(16)21)22-19(24)13-4-7-15(25-3)8-5-13;1-3-2/h4-12H,1-3H3,(H,22,24);3H2,1-2H3. The third-order valence-corrected chi connectivity index (χ3v) is 5.33. The summed E-state index contributed by atoms with van der Waals surface area (Å²) < 4.78 is 5.10. The summed E-state index contributed by atoms with van der Waals surface area (Å²) >= 11 is 8.05. The molecule has 154 valence electrons. The van der Waals surface area contributed by atoms with E-state index in [1.807, 2.05) is 17.5 Å². The molecular formula is C23H27ClN2O2S. The highest BCUT2D eigenvalue weighted by molar-refractivity contribution is 7.10. The average molecular weight is 431 g/mol. The molecule has 29 heavy (non-hydrogen) atoms. The second kappa shape index (κ2) is 11.0. The van der Waals surface area contributed by atoms with Gasteiger partial charge in [0.2, 0.25) is 0 Å². The summed E-state index contributed by atoms with van der Waals surface area (Å²) in [5, 5.41) is 6.49. The van der Waals surface area contributed by atoms with Crippen molar-refractivity contribution in [2.75, 3.05) is 12.4 Å². The van der Waals surface area contributed by atoms with Crippen LogP contribution >= 0.6 is 22.9 Å². The molecule has 4 nitrogen and oxygen atoms in total. The Kier molecular flexibility index (Phi) is 8.68. The zero-order valence-corrected chi connectivity index (χ0v) is 19.0. The van der Waals surface area contributed by atoms with E-state index in [0.29, 0.717) is 27.9 Å². The first kappa shape index (κ1) is 22.9. The van der Waals surface area contributed by atoms with E-state index in [-0.39, 0.29) is 5.91 Å². The maximum absolute atomic E-state index is 12.4. The highest BCUT2D eigenvalue weighted by Gasteiger charge is 2.12. The average Bonchev–Trinajstić information content (AvgIpc) is 3.19. The van der Waals surface area contributed by atoms with Crippen molar-refractivity contribution in [2.24, 2.45) is 0 Å². The van der Waals surface area contributed by atoms with Gasteiger partial charge in [0.15, 0.2) is 0 Å². The van der Waals surface area contributed by atoms with Gasteiger partial charge in [0.25, 0.3) is 5.91 Å². The zero-order chi connectivity index (χ0) is 21.4. The number of nitrogens with one attached hydrogen (secondary N) is 1. The van der Waals surface area contributed by atoms with Gasteiger partial charge in [0, 0.05) is 28.1 Å². The summed E-state index contributed by atoms with van der Waals surface area (Å²) in [6.07, 6.45) is 1.25. The van der Waals surface area contributed by atoms with Gasteiger partial charge in [-0.05, 0) is 42.5 Å². The molecule has 1 aromatic heterocycles. The van der Waals surface area contributed by atoms with E-state index in [0.717, 1.165) is 16.3 Å². The second-order valence-electron chi connectivity index (χ2n) is 6.81. The fourth-order valence-corrected chi connectivity index (χ4v) is 3.54. The zero-order valence-electron chi connectivity index (χ0n) is 17.5. The normalized spacial score (nSPS) is 10.3. The molecule has 1 heterocycles. The fourth-order valence-electron chi connectivity index (χ4n) is 2.42. The monoisotopic (exact) mass is 430 g/mol. The molecule has 0 fully saturated rings. The number of rotatable bonds is 5. The van der Waals surface area contributed by atoms with Crippen LogP contribution in [0, 0.1) is 0 Å². The molecule has 1 N–H and O–H groups in total. The number of carbonyl (C=O) groups is 1. The molecule has 0 spiro atoms. The molecule has 6 heteroatoms. The van der Waals surface area contributed by atoms with E-state index in [9.17, 15) is 4.79 Å². The quantitative estimate of drug-likeness (QED) is 0.463. The van der Waals surface area contributed by atoms with Crippen LogP contribution in [0.25, 0.3) is 11.3 Å². The van der Waals surface area contributed by atoms with Gasteiger partial charge in [0.05, 0.1) is 22.8 Å². The second-order valence-corrected chi connectivity index (χ2v) is 8.11. The van der Waals surface area contributed by atoms with Crippen molar-refractivity contribution in [3.05, 3.63) is 63.4 Å². The number of hydrogen-bond acceptors (Lipinski definition) is 4. The first-order valence-electron chi connectivity index (χ1n) is 9.60. The van der Waals surface area contributed by atoms with E-state index in [1.165, 1.54) is 6.42 Å². The largest absolute Gasteiger partial charge is 0.497 e. The predicted octanol–water partition coefficient (Wildman–Crippen LogP) is 7.26. The first-order chi connectivity index (χ1) is 13.9. The van der Waals surface area contributed by atoms with Crippen molar-refractivity contribution in [3.8, 4) is 17.0 Å². The van der Waals surface area contributed by atoms with Crippen LogP contribution in [-0.4, -0.2) is 18.0 Å². The summed E-state index contributed by atoms with van der Waals surface area (Å²) in [4.78, 5) is 17.0. The molecule has 0 aliphatic rings. The number of ether oxygens (including phenoxy) is 1. The van der Waals surface area contributed by atoms with Crippen molar-refractivity contribution >= 4 is 34.5 Å². The summed E-state index contributed by atoms with van der Waals surface area (Å²) in [5.41, 5.74) is 2.90. The number of benzene rings is 2. The lowest BCUT2D eigenvalue weighted by atomic mass is 10.1. The lowest BCUT2D eigenvalue weighted by molar-refractivity contribution is 0.102. The van der Waals surface area contributed by atoms with Crippen LogP contribution in [0.1, 0.15) is 55.4 Å².